The number of non-ortho nitro benzene ring substituents is 1. The summed E-state index contributed by atoms with van der Waals surface area (Å²) in [6.45, 7) is 9.33. The predicted molar refractivity (Wildman–Crippen MR) is 83.1 cm³/mol. The van der Waals surface area contributed by atoms with E-state index >= 15 is 0 Å². The highest BCUT2D eigenvalue weighted by Gasteiger charge is 2.03. The lowest BCUT2D eigenvalue weighted by Crippen LogP contribution is -2.10. The average molecular weight is 284 g/mol. The number of nitro benzene ring substituents is 1. The first-order chi connectivity index (χ1) is 9.04. The quantitative estimate of drug-likeness (QED) is 0.378. The van der Waals surface area contributed by atoms with E-state index in [1.165, 1.54) is 12.1 Å². The number of carboxylic acid groups (broad SMARTS) is 1. The lowest BCUT2D eigenvalue weighted by molar-refractivity contribution is -0.384. The molecule has 0 aliphatic carbocycles. The second-order valence-corrected chi connectivity index (χ2v) is 3.08. The van der Waals surface area contributed by atoms with Crippen molar-refractivity contribution in [1.29, 1.82) is 0 Å². The Hall–Kier alpha value is -2.37. The van der Waals surface area contributed by atoms with Gasteiger partial charge in [-0.3, -0.25) is 14.9 Å². The first kappa shape index (κ1) is 22.8. The maximum Gasteiger partial charge on any atom is 0.290 e. The summed E-state index contributed by atoms with van der Waals surface area (Å²) in [6, 6.07) is 6.45. The smallest absolute Gasteiger partial charge is 0.290 e. The van der Waals surface area contributed by atoms with Gasteiger partial charge in [-0.15, -0.1) is 6.58 Å². The fourth-order valence-corrected chi connectivity index (χ4v) is 1.00. The highest BCUT2D eigenvalue weighted by atomic mass is 16.6. The highest BCUT2D eigenvalue weighted by molar-refractivity contribution is 5.49. The predicted octanol–water partition coefficient (Wildman–Crippen LogP) is 3.94. The van der Waals surface area contributed by atoms with E-state index in [0.717, 1.165) is 5.69 Å². The van der Waals surface area contributed by atoms with Crippen molar-refractivity contribution in [2.45, 2.75) is 34.2 Å². The minimum atomic E-state index is -0.416. The van der Waals surface area contributed by atoms with Crippen LogP contribution in [0, 0.1) is 10.1 Å². The minimum Gasteiger partial charge on any atom is -0.483 e. The molecule has 0 saturated carbocycles. The van der Waals surface area contributed by atoms with Gasteiger partial charge >= 0.3 is 0 Å². The SMILES string of the molecule is C.C=CC(C)Nc1ccc([N+](=O)[O-])cc1.CC.O=CO. The number of nitrogens with zero attached hydrogens (tertiary/aromatic N) is 1. The van der Waals surface area contributed by atoms with Crippen molar-refractivity contribution < 1.29 is 14.8 Å². The van der Waals surface area contributed by atoms with E-state index in [2.05, 4.69) is 11.9 Å². The van der Waals surface area contributed by atoms with Crippen LogP contribution < -0.4 is 5.32 Å². The van der Waals surface area contributed by atoms with Gasteiger partial charge in [0.25, 0.3) is 12.2 Å². The summed E-state index contributed by atoms with van der Waals surface area (Å²) in [5, 5.41) is 20.4. The molecule has 6 heteroatoms. The van der Waals surface area contributed by atoms with Crippen LogP contribution in [0.3, 0.4) is 0 Å². The van der Waals surface area contributed by atoms with Crippen LogP contribution >= 0.6 is 0 Å². The van der Waals surface area contributed by atoms with Gasteiger partial charge in [0.05, 0.1) is 4.92 Å². The number of nitro groups is 1. The van der Waals surface area contributed by atoms with Crippen molar-refractivity contribution in [1.82, 2.24) is 0 Å². The molecular weight excluding hydrogens is 260 g/mol. The van der Waals surface area contributed by atoms with Crippen LogP contribution in [0.2, 0.25) is 0 Å². The van der Waals surface area contributed by atoms with E-state index in [4.69, 9.17) is 9.90 Å². The fraction of sp³-hybridized carbons (Fsp3) is 0.357. The molecule has 0 fully saturated rings. The van der Waals surface area contributed by atoms with Crippen LogP contribution in [-0.4, -0.2) is 22.5 Å². The second-order valence-electron chi connectivity index (χ2n) is 3.08. The van der Waals surface area contributed by atoms with Gasteiger partial charge in [-0.2, -0.15) is 0 Å². The van der Waals surface area contributed by atoms with Crippen LogP contribution in [-0.2, 0) is 4.79 Å². The monoisotopic (exact) mass is 284 g/mol. The molecule has 1 unspecified atom stereocenters. The number of benzene rings is 1. The molecule has 0 heterocycles. The minimum absolute atomic E-state index is 0. The van der Waals surface area contributed by atoms with Gasteiger partial charge in [-0.1, -0.05) is 27.4 Å². The van der Waals surface area contributed by atoms with E-state index in [9.17, 15) is 10.1 Å². The van der Waals surface area contributed by atoms with E-state index in [-0.39, 0.29) is 25.6 Å². The van der Waals surface area contributed by atoms with Gasteiger partial charge < -0.3 is 10.4 Å². The molecule has 0 bridgehead atoms. The number of carbonyl (C=O) groups is 1. The van der Waals surface area contributed by atoms with Crippen LogP contribution in [0.4, 0.5) is 11.4 Å². The largest absolute Gasteiger partial charge is 0.483 e. The standard InChI is InChI=1S/C10H12N2O2.C2H6.CH2O2.CH4/c1-3-8(2)11-9-4-6-10(7-5-9)12(13)14;1-2;2-1-3;/h3-8,11H,1H2,2H3;1-2H3;1H,(H,2,3);1H4. The lowest BCUT2D eigenvalue weighted by Gasteiger charge is -2.09. The number of hydrogen-bond donors (Lipinski definition) is 2. The van der Waals surface area contributed by atoms with Gasteiger partial charge in [0.15, 0.2) is 0 Å². The molecule has 1 aromatic rings. The van der Waals surface area contributed by atoms with E-state index < -0.39 is 4.92 Å². The Balaban J connectivity index is -0.000000426. The van der Waals surface area contributed by atoms with Crippen molar-refractivity contribution in [2.75, 3.05) is 5.32 Å². The lowest BCUT2D eigenvalue weighted by atomic mass is 10.2. The van der Waals surface area contributed by atoms with Gasteiger partial charge in [0, 0.05) is 23.9 Å². The fourth-order valence-electron chi connectivity index (χ4n) is 1.00. The molecule has 0 aliphatic rings. The summed E-state index contributed by atoms with van der Waals surface area (Å²) >= 11 is 0. The van der Waals surface area contributed by atoms with Gasteiger partial charge in [0.1, 0.15) is 0 Å². The molecule has 0 amide bonds. The molecule has 1 atom stereocenters. The molecule has 20 heavy (non-hydrogen) atoms. The van der Waals surface area contributed by atoms with E-state index in [1.54, 1.807) is 18.2 Å². The summed E-state index contributed by atoms with van der Waals surface area (Å²) in [5.41, 5.74) is 0.949. The Bertz CT molecular complexity index is 377. The normalized spacial score (nSPS) is 9.15. The Kier molecular flexibility index (Phi) is 16.7. The first-order valence-corrected chi connectivity index (χ1v) is 5.76. The summed E-state index contributed by atoms with van der Waals surface area (Å²) in [7, 11) is 0. The summed E-state index contributed by atoms with van der Waals surface area (Å²) < 4.78 is 0. The highest BCUT2D eigenvalue weighted by Crippen LogP contribution is 2.15. The van der Waals surface area contributed by atoms with Gasteiger partial charge in [-0.25, -0.2) is 0 Å². The Morgan fingerprint density at radius 3 is 2.05 bits per heavy atom. The van der Waals surface area contributed by atoms with Crippen LogP contribution in [0.15, 0.2) is 36.9 Å². The van der Waals surface area contributed by atoms with Crippen LogP contribution in [0.5, 0.6) is 0 Å². The molecule has 1 rings (SSSR count). The van der Waals surface area contributed by atoms with E-state index in [1.807, 2.05) is 20.8 Å². The van der Waals surface area contributed by atoms with Crippen LogP contribution in [0.25, 0.3) is 0 Å². The zero-order valence-electron chi connectivity index (χ0n) is 11.4. The van der Waals surface area contributed by atoms with Gasteiger partial charge in [-0.05, 0) is 19.1 Å². The molecule has 0 saturated heterocycles. The Labute approximate surface area is 120 Å². The van der Waals surface area contributed by atoms with Crippen LogP contribution in [0.1, 0.15) is 28.2 Å². The Morgan fingerprint density at radius 2 is 1.75 bits per heavy atom. The zero-order chi connectivity index (χ0) is 15.3. The Morgan fingerprint density at radius 1 is 1.35 bits per heavy atom. The number of rotatable bonds is 4. The summed E-state index contributed by atoms with van der Waals surface area (Å²) in [6.07, 6.45) is 1.77. The molecule has 2 N–H and O–H groups in total. The number of anilines is 1. The maximum absolute atomic E-state index is 10.4. The third-order valence-electron chi connectivity index (χ3n) is 1.83. The van der Waals surface area contributed by atoms with Crippen molar-refractivity contribution in [3.63, 3.8) is 0 Å². The molecule has 0 radical (unpaired) electrons. The molecule has 1 aromatic carbocycles. The van der Waals surface area contributed by atoms with Crippen molar-refractivity contribution >= 4 is 17.8 Å². The third kappa shape index (κ3) is 10.8. The first-order valence-electron chi connectivity index (χ1n) is 5.76. The number of hydrogen-bond acceptors (Lipinski definition) is 4. The second kappa shape index (κ2) is 14.7. The van der Waals surface area contributed by atoms with Crippen molar-refractivity contribution in [2.24, 2.45) is 0 Å². The number of nitrogens with one attached hydrogen (secondary N) is 1. The van der Waals surface area contributed by atoms with Gasteiger partial charge in [0.2, 0.25) is 0 Å². The molecule has 0 spiro atoms. The molecule has 6 nitrogen and oxygen atoms in total. The zero-order valence-corrected chi connectivity index (χ0v) is 11.4. The van der Waals surface area contributed by atoms with Crippen molar-refractivity contribution in [3.05, 3.63) is 47.0 Å². The maximum atomic E-state index is 10.4. The topological polar surface area (TPSA) is 92.5 Å². The average Bonchev–Trinajstić information content (AvgIpc) is 2.42. The third-order valence-corrected chi connectivity index (χ3v) is 1.83. The summed E-state index contributed by atoms with van der Waals surface area (Å²) in [4.78, 5) is 18.3. The van der Waals surface area contributed by atoms with Crippen molar-refractivity contribution in [3.8, 4) is 0 Å². The molecule has 0 aromatic heterocycles. The molecule has 0 aliphatic heterocycles. The molecular formula is C14H24N2O4. The van der Waals surface area contributed by atoms with E-state index in [0.29, 0.717) is 0 Å². The molecule has 114 valence electrons. The summed E-state index contributed by atoms with van der Waals surface area (Å²) in [5.74, 6) is 0.